The maximum absolute atomic E-state index is 2.97. The van der Waals surface area contributed by atoms with Gasteiger partial charge in [0.1, 0.15) is 0 Å². The van der Waals surface area contributed by atoms with Crippen molar-refractivity contribution in [2.24, 2.45) is 0 Å². The molecule has 0 atom stereocenters. The van der Waals surface area contributed by atoms with Crippen LogP contribution >= 0.6 is 0 Å². The van der Waals surface area contributed by atoms with Gasteiger partial charge in [-0.25, -0.2) is 0 Å². The van der Waals surface area contributed by atoms with Gasteiger partial charge in [-0.05, 0) is 0 Å². The van der Waals surface area contributed by atoms with Crippen molar-refractivity contribution in [3.05, 3.63) is 60.7 Å². The van der Waals surface area contributed by atoms with Gasteiger partial charge in [0, 0.05) is 49.8 Å². The second kappa shape index (κ2) is 10.8. The molecule has 2 aromatic carbocycles. The first-order valence-electron chi connectivity index (χ1n) is 15.3. The van der Waals surface area contributed by atoms with Gasteiger partial charge in [-0.1, -0.05) is 189 Å². The lowest BCUT2D eigenvalue weighted by Gasteiger charge is -2.66. The third kappa shape index (κ3) is 5.04. The molecule has 2 aromatic rings. The van der Waals surface area contributed by atoms with Gasteiger partial charge in [-0.2, -0.15) is 0 Å². The number of rotatable bonds is 10. The molecule has 0 heterocycles. The lowest BCUT2D eigenvalue weighted by atomic mass is 10.4. The summed E-state index contributed by atoms with van der Waals surface area (Å²) in [7, 11) is -13.5. The fraction of sp³-hybridized carbons (Fsp3) is 0.600. The quantitative estimate of drug-likeness (QED) is 0.221. The molecular weight excluding hydrogens is 613 g/mol. The topological polar surface area (TPSA) is 0 Å². The highest BCUT2D eigenvalue weighted by atomic mass is 30.1. The molecule has 2 rings (SSSR count). The molecule has 0 unspecified atom stereocenters. The molecule has 0 N–H and O–H groups in total. The molecule has 0 aliphatic heterocycles. The largest absolute Gasteiger partial charge is 0.0735 e. The van der Waals surface area contributed by atoms with Crippen LogP contribution < -0.4 is 10.4 Å². The fourth-order valence-corrected chi connectivity index (χ4v) is 280. The summed E-state index contributed by atoms with van der Waals surface area (Å²) < 4.78 is 0. The van der Waals surface area contributed by atoms with Crippen molar-refractivity contribution in [2.75, 3.05) is 0 Å². The zero-order valence-electron chi connectivity index (χ0n) is 29.3. The minimum atomic E-state index is -1.55. The molecule has 0 spiro atoms. The summed E-state index contributed by atoms with van der Waals surface area (Å²) in [5.41, 5.74) is 0. The van der Waals surface area contributed by atoms with E-state index in [1.165, 1.54) is 0 Å². The van der Waals surface area contributed by atoms with E-state index < -0.39 is 64.9 Å². The van der Waals surface area contributed by atoms with E-state index in [1.54, 1.807) is 10.4 Å². The van der Waals surface area contributed by atoms with E-state index in [0.717, 1.165) is 0 Å². The molecule has 0 radical (unpaired) electrons. The molecule has 0 aromatic heterocycles. The summed E-state index contributed by atoms with van der Waals surface area (Å²) in [6.45, 7) is 52.0. The molecular formula is C30H64Si9. The first kappa shape index (κ1) is 35.6. The number of benzene rings is 2. The van der Waals surface area contributed by atoms with E-state index in [1.807, 2.05) is 0 Å². The minimum Gasteiger partial charge on any atom is -0.0735 e. The van der Waals surface area contributed by atoms with Crippen molar-refractivity contribution >= 4 is 75.3 Å². The van der Waals surface area contributed by atoms with E-state index in [-0.39, 0.29) is 0 Å². The standard InChI is InChI=1S/C30H64Si9/c1-31(2,29-25-21-19-22-26-29)33(5,6)35(9,10)37(13,14)39(17,18)38(15,16)36(11,12)34(7,8)32(3,4)30-27-23-20-24-28-30/h19-28H,1-18H3. The molecule has 0 bridgehead atoms. The van der Waals surface area contributed by atoms with Crippen molar-refractivity contribution in [1.29, 1.82) is 0 Å². The van der Waals surface area contributed by atoms with E-state index in [9.17, 15) is 0 Å². The van der Waals surface area contributed by atoms with Gasteiger partial charge < -0.3 is 0 Å². The Morgan fingerprint density at radius 3 is 0.641 bits per heavy atom. The van der Waals surface area contributed by atoms with Crippen LogP contribution in [0.3, 0.4) is 0 Å². The zero-order chi connectivity index (χ0) is 30.7. The summed E-state index contributed by atoms with van der Waals surface area (Å²) >= 11 is 0. The summed E-state index contributed by atoms with van der Waals surface area (Å²) in [5, 5.41) is 3.45. The first-order valence-corrected chi connectivity index (χ1v) is 50.3. The smallest absolute Gasteiger partial charge is 0.0711 e. The van der Waals surface area contributed by atoms with Gasteiger partial charge in [0.05, 0.1) is 15.2 Å². The van der Waals surface area contributed by atoms with Crippen LogP contribution in [0.5, 0.6) is 0 Å². The monoisotopic (exact) mass is 676 g/mol. The average molecular weight is 678 g/mol. The summed E-state index contributed by atoms with van der Waals surface area (Å²) in [6, 6.07) is 23.6. The minimum absolute atomic E-state index is 1.48. The molecule has 39 heavy (non-hydrogen) atoms. The third-order valence-electron chi connectivity index (χ3n) is 15.5. The van der Waals surface area contributed by atoms with Crippen molar-refractivity contribution in [1.82, 2.24) is 0 Å². The van der Waals surface area contributed by atoms with E-state index >= 15 is 0 Å². The summed E-state index contributed by atoms with van der Waals surface area (Å²) in [4.78, 5) is 0. The van der Waals surface area contributed by atoms with Crippen LogP contribution in [0.4, 0.5) is 0 Å². The molecule has 220 valence electrons. The molecule has 0 aliphatic carbocycles. The maximum atomic E-state index is 2.97. The van der Waals surface area contributed by atoms with Crippen LogP contribution in [-0.2, 0) is 0 Å². The number of hydrogen-bond donors (Lipinski definition) is 0. The van der Waals surface area contributed by atoms with Gasteiger partial charge in [0.15, 0.2) is 0 Å². The highest BCUT2D eigenvalue weighted by molar-refractivity contribution is 8.05. The van der Waals surface area contributed by atoms with Crippen molar-refractivity contribution in [3.63, 3.8) is 0 Å². The lowest BCUT2D eigenvalue weighted by Crippen LogP contribution is -2.94. The predicted molar refractivity (Wildman–Crippen MR) is 209 cm³/mol. The molecule has 0 aliphatic rings. The fourth-order valence-electron chi connectivity index (χ4n) is 7.90. The Hall–Kier alpha value is 0.392. The highest BCUT2D eigenvalue weighted by Crippen LogP contribution is 2.46. The maximum Gasteiger partial charge on any atom is 0.0711 e. The first-order chi connectivity index (χ1) is 17.2. The Kier molecular flexibility index (Phi) is 9.89. The molecule has 0 fully saturated rings. The second-order valence-electron chi connectivity index (χ2n) is 17.4. The van der Waals surface area contributed by atoms with Crippen molar-refractivity contribution in [2.45, 2.75) is 118 Å². The van der Waals surface area contributed by atoms with Crippen LogP contribution in [0.15, 0.2) is 60.7 Å². The van der Waals surface area contributed by atoms with E-state index in [2.05, 4.69) is 179 Å². The average Bonchev–Trinajstić information content (AvgIpc) is 2.84. The summed E-state index contributed by atoms with van der Waals surface area (Å²) in [6.07, 6.45) is 0. The van der Waals surface area contributed by atoms with Gasteiger partial charge in [0.25, 0.3) is 0 Å². The van der Waals surface area contributed by atoms with Gasteiger partial charge in [-0.3, -0.25) is 0 Å². The predicted octanol–water partition coefficient (Wildman–Crippen LogP) is 8.80. The van der Waals surface area contributed by atoms with Crippen LogP contribution in [0.1, 0.15) is 0 Å². The van der Waals surface area contributed by atoms with Gasteiger partial charge in [0.2, 0.25) is 0 Å². The summed E-state index contributed by atoms with van der Waals surface area (Å²) in [5.74, 6) is 0. The van der Waals surface area contributed by atoms with Crippen molar-refractivity contribution < 1.29 is 0 Å². The molecule has 9 heteroatoms. The Morgan fingerprint density at radius 1 is 0.256 bits per heavy atom. The van der Waals surface area contributed by atoms with Gasteiger partial charge >= 0.3 is 0 Å². The normalized spacial score (nSPS) is 15.4. The lowest BCUT2D eigenvalue weighted by molar-refractivity contribution is 1.69. The Balaban J connectivity index is 2.69. The van der Waals surface area contributed by atoms with Crippen molar-refractivity contribution in [3.8, 4) is 0 Å². The zero-order valence-corrected chi connectivity index (χ0v) is 38.3. The molecule has 0 amide bonds. The Morgan fingerprint density at radius 2 is 0.436 bits per heavy atom. The van der Waals surface area contributed by atoms with Gasteiger partial charge in [-0.15, -0.1) is 0 Å². The van der Waals surface area contributed by atoms with Crippen LogP contribution in [-0.4, -0.2) is 64.9 Å². The van der Waals surface area contributed by atoms with Crippen LogP contribution in [0.2, 0.25) is 118 Å². The molecule has 0 nitrogen and oxygen atoms in total. The molecule has 0 saturated carbocycles. The number of hydrogen-bond acceptors (Lipinski definition) is 0. The Labute approximate surface area is 252 Å². The third-order valence-corrected chi connectivity index (χ3v) is 213. The second-order valence-corrected chi connectivity index (χ2v) is 118. The molecule has 0 saturated heterocycles. The Bertz CT molecular complexity index is 1040. The van der Waals surface area contributed by atoms with E-state index in [4.69, 9.17) is 0 Å². The highest BCUT2D eigenvalue weighted by Gasteiger charge is 2.71. The SMILES string of the molecule is C[Si](C)(c1ccccc1)[Si](C)(C)[Si](C)(C)[Si](C)(C)[Si](C)(C)[Si](C)(C)[Si](C)(C)[Si](C)(C)[Si](C)(C)c1ccccc1. The van der Waals surface area contributed by atoms with Crippen LogP contribution in [0.25, 0.3) is 0 Å². The van der Waals surface area contributed by atoms with E-state index in [0.29, 0.717) is 0 Å². The van der Waals surface area contributed by atoms with Crippen LogP contribution in [0, 0.1) is 0 Å².